The Kier molecular flexibility index (Phi) is 5.07. The van der Waals surface area contributed by atoms with Gasteiger partial charge in [0.15, 0.2) is 11.6 Å². The molecule has 1 saturated heterocycles. The summed E-state index contributed by atoms with van der Waals surface area (Å²) in [5.41, 5.74) is 1.49. The fourth-order valence-corrected chi connectivity index (χ4v) is 4.76. The molecule has 0 aromatic carbocycles. The van der Waals surface area contributed by atoms with Crippen LogP contribution in [0.15, 0.2) is 24.4 Å². The number of rotatable bonds is 6. The van der Waals surface area contributed by atoms with Gasteiger partial charge in [-0.15, -0.1) is 5.10 Å². The van der Waals surface area contributed by atoms with Gasteiger partial charge in [0.1, 0.15) is 24.1 Å². The van der Waals surface area contributed by atoms with E-state index in [9.17, 15) is 14.4 Å². The Balaban J connectivity index is 1.49. The van der Waals surface area contributed by atoms with Crippen molar-refractivity contribution in [1.29, 1.82) is 0 Å². The highest BCUT2D eigenvalue weighted by Gasteiger charge is 2.55. The molecule has 3 unspecified atom stereocenters. The predicted molar refractivity (Wildman–Crippen MR) is 121 cm³/mol. The van der Waals surface area contributed by atoms with Crippen LogP contribution in [-0.4, -0.2) is 67.5 Å². The van der Waals surface area contributed by atoms with Gasteiger partial charge < -0.3 is 15.4 Å². The Hall–Kier alpha value is -3.83. The highest BCUT2D eigenvalue weighted by molar-refractivity contribution is 6.15. The maximum atomic E-state index is 13.3. The molecule has 1 aliphatic carbocycles. The van der Waals surface area contributed by atoms with Crippen molar-refractivity contribution < 1.29 is 14.4 Å². The van der Waals surface area contributed by atoms with E-state index in [1.54, 1.807) is 44.2 Å². The lowest BCUT2D eigenvalue weighted by Gasteiger charge is -2.26. The third kappa shape index (κ3) is 3.71. The largest absolute Gasteiger partial charge is 0.404 e. The first-order valence-corrected chi connectivity index (χ1v) is 10.8. The molecular weight excluding hydrogens is 423 g/mol. The summed E-state index contributed by atoms with van der Waals surface area (Å²) in [4.78, 5) is 44.2. The number of Topliss-reactive ketones (excluding diaryl/α,β-unsaturated/α-hetero) is 1. The van der Waals surface area contributed by atoms with Crippen LogP contribution in [0, 0.1) is 12.8 Å². The average molecular weight is 446 g/mol. The molecule has 2 amide bonds. The summed E-state index contributed by atoms with van der Waals surface area (Å²) >= 11 is 0. The normalized spacial score (nSPS) is 21.0. The predicted octanol–water partition coefficient (Wildman–Crippen LogP) is 0.130. The molecule has 0 radical (unpaired) electrons. The van der Waals surface area contributed by atoms with E-state index in [1.807, 2.05) is 0 Å². The second-order valence-electron chi connectivity index (χ2n) is 8.52. The van der Waals surface area contributed by atoms with Gasteiger partial charge in [-0.25, -0.2) is 4.98 Å². The van der Waals surface area contributed by atoms with Crippen molar-refractivity contribution in [2.45, 2.75) is 45.3 Å². The zero-order valence-electron chi connectivity index (χ0n) is 18.6. The first kappa shape index (κ1) is 21.0. The SMILES string of the molecule is BNC(=O)C1CC2CC2N1C(=O)Cn1nc(C(C)=O)c2cc(Nc3cccnn3)nc(C)c21. The van der Waals surface area contributed by atoms with Gasteiger partial charge in [-0.3, -0.25) is 19.1 Å². The fourth-order valence-electron chi connectivity index (χ4n) is 4.76. The maximum absolute atomic E-state index is 13.3. The molecule has 1 aliphatic heterocycles. The van der Waals surface area contributed by atoms with Gasteiger partial charge in [-0.2, -0.15) is 10.2 Å². The molecule has 168 valence electrons. The number of ketones is 1. The first-order chi connectivity index (χ1) is 15.9. The summed E-state index contributed by atoms with van der Waals surface area (Å²) in [6.07, 6.45) is 3.18. The van der Waals surface area contributed by atoms with E-state index in [1.165, 1.54) is 11.6 Å². The maximum Gasteiger partial charge on any atom is 0.245 e. The van der Waals surface area contributed by atoms with Crippen molar-refractivity contribution >= 4 is 48.1 Å². The molecule has 3 atom stereocenters. The molecule has 11 nitrogen and oxygen atoms in total. The van der Waals surface area contributed by atoms with Crippen LogP contribution in [0.2, 0.25) is 0 Å². The fraction of sp³-hybridized carbons (Fsp3) is 0.381. The van der Waals surface area contributed by atoms with Crippen molar-refractivity contribution in [1.82, 2.24) is 35.1 Å². The number of carbonyl (C=O) groups excluding carboxylic acids is 3. The number of anilines is 2. The first-order valence-electron chi connectivity index (χ1n) is 10.8. The molecule has 1 saturated carbocycles. The highest BCUT2D eigenvalue weighted by Crippen LogP contribution is 2.48. The van der Waals surface area contributed by atoms with E-state index in [-0.39, 0.29) is 35.9 Å². The summed E-state index contributed by atoms with van der Waals surface area (Å²) < 4.78 is 1.53. The summed E-state index contributed by atoms with van der Waals surface area (Å²) in [6, 6.07) is 4.88. The van der Waals surface area contributed by atoms with Gasteiger partial charge in [0.2, 0.25) is 19.8 Å². The second-order valence-corrected chi connectivity index (χ2v) is 8.52. The lowest BCUT2D eigenvalue weighted by Crippen LogP contribution is -2.48. The number of carbonyl (C=O) groups is 3. The minimum absolute atomic E-state index is 0.0695. The van der Waals surface area contributed by atoms with E-state index in [2.05, 4.69) is 30.8 Å². The molecule has 2 N–H and O–H groups in total. The van der Waals surface area contributed by atoms with Crippen LogP contribution < -0.4 is 10.5 Å². The number of aryl methyl sites for hydroxylation is 1. The van der Waals surface area contributed by atoms with Crippen LogP contribution in [-0.2, 0) is 16.1 Å². The number of fused-ring (bicyclic) bond motifs is 2. The molecule has 0 bridgehead atoms. The Morgan fingerprint density at radius 2 is 2.06 bits per heavy atom. The Labute approximate surface area is 190 Å². The van der Waals surface area contributed by atoms with Crippen LogP contribution in [0.25, 0.3) is 10.9 Å². The number of likely N-dealkylation sites (tertiary alicyclic amines) is 1. The standard InChI is InChI=1S/C21H23BN8O3/c1-10-20-13(8-17(24-10)25-16-4-3-5-23-27-16)19(11(2)31)28-29(20)9-18(32)30-14-6-12(14)7-15(30)21(33)26-22/h3-5,8,12,14-15H,6-7,9,22H2,1-2H3,(H,26,33)(H,24,25,27). The number of aromatic nitrogens is 5. The summed E-state index contributed by atoms with van der Waals surface area (Å²) in [5.74, 6) is 0.848. The third-order valence-corrected chi connectivity index (χ3v) is 6.29. The van der Waals surface area contributed by atoms with Gasteiger partial charge in [0, 0.05) is 24.5 Å². The Morgan fingerprint density at radius 1 is 1.24 bits per heavy atom. The number of nitrogens with one attached hydrogen (secondary N) is 2. The van der Waals surface area contributed by atoms with Crippen LogP contribution >= 0.6 is 0 Å². The molecule has 3 aromatic rings. The van der Waals surface area contributed by atoms with E-state index in [4.69, 9.17) is 0 Å². The number of amides is 2. The molecular formula is C21H23BN8O3. The van der Waals surface area contributed by atoms with Crippen LogP contribution in [0.5, 0.6) is 0 Å². The van der Waals surface area contributed by atoms with Gasteiger partial charge >= 0.3 is 0 Å². The molecule has 33 heavy (non-hydrogen) atoms. The minimum Gasteiger partial charge on any atom is -0.404 e. The van der Waals surface area contributed by atoms with Gasteiger partial charge in [-0.05, 0) is 43.9 Å². The van der Waals surface area contributed by atoms with Crippen LogP contribution in [0.3, 0.4) is 0 Å². The monoisotopic (exact) mass is 446 g/mol. The zero-order valence-corrected chi connectivity index (χ0v) is 18.6. The summed E-state index contributed by atoms with van der Waals surface area (Å²) in [5, 5.41) is 18.6. The number of piperidine rings is 1. The molecule has 5 rings (SSSR count). The number of hydrogen-bond acceptors (Lipinski definition) is 8. The Bertz CT molecular complexity index is 1280. The van der Waals surface area contributed by atoms with E-state index < -0.39 is 6.04 Å². The molecule has 12 heteroatoms. The average Bonchev–Trinajstić information content (AvgIpc) is 3.29. The molecule has 2 aliphatic rings. The van der Waals surface area contributed by atoms with Gasteiger partial charge in [-0.1, -0.05) is 0 Å². The van der Waals surface area contributed by atoms with E-state index in [0.717, 1.165) is 6.42 Å². The summed E-state index contributed by atoms with van der Waals surface area (Å²) in [6.45, 7) is 3.17. The number of hydrogen-bond donors (Lipinski definition) is 2. The topological polar surface area (TPSA) is 135 Å². The number of pyridine rings is 1. The molecule has 2 fully saturated rings. The summed E-state index contributed by atoms with van der Waals surface area (Å²) in [7, 11) is 1.58. The van der Waals surface area contributed by atoms with Crippen molar-refractivity contribution in [3.05, 3.63) is 35.8 Å². The van der Waals surface area contributed by atoms with E-state index >= 15 is 0 Å². The van der Waals surface area contributed by atoms with Gasteiger partial charge in [0.05, 0.1) is 11.2 Å². The third-order valence-electron chi connectivity index (χ3n) is 6.29. The van der Waals surface area contributed by atoms with Gasteiger partial charge in [0.25, 0.3) is 0 Å². The quantitative estimate of drug-likeness (QED) is 0.403. The van der Waals surface area contributed by atoms with E-state index in [0.29, 0.717) is 40.6 Å². The highest BCUT2D eigenvalue weighted by atomic mass is 16.2. The minimum atomic E-state index is -0.456. The van der Waals surface area contributed by atoms with Crippen molar-refractivity contribution in [3.8, 4) is 0 Å². The second kappa shape index (κ2) is 7.94. The lowest BCUT2D eigenvalue weighted by atomic mass is 10.1. The number of nitrogens with zero attached hydrogens (tertiary/aromatic N) is 6. The lowest BCUT2D eigenvalue weighted by molar-refractivity contribution is -0.139. The molecule has 3 aromatic heterocycles. The van der Waals surface area contributed by atoms with Crippen LogP contribution in [0.4, 0.5) is 11.6 Å². The molecule has 0 spiro atoms. The smallest absolute Gasteiger partial charge is 0.245 e. The van der Waals surface area contributed by atoms with Crippen LogP contribution in [0.1, 0.15) is 35.9 Å². The molecule has 4 heterocycles. The van der Waals surface area contributed by atoms with Crippen molar-refractivity contribution in [3.63, 3.8) is 0 Å². The Morgan fingerprint density at radius 3 is 2.76 bits per heavy atom. The van der Waals surface area contributed by atoms with Crippen molar-refractivity contribution in [2.24, 2.45) is 5.92 Å². The van der Waals surface area contributed by atoms with Crippen molar-refractivity contribution in [2.75, 3.05) is 5.32 Å². The zero-order chi connectivity index (χ0) is 23.3.